The maximum Gasteiger partial charge on any atom is 0.329 e. The number of nitrogens with zero attached hydrogens (tertiary/aromatic N) is 1. The van der Waals surface area contributed by atoms with Crippen LogP contribution in [0.4, 0.5) is 9.93 Å². The second kappa shape index (κ2) is 5.78. The molecule has 7 heteroatoms. The molecule has 2 rings (SSSR count). The van der Waals surface area contributed by atoms with Crippen molar-refractivity contribution in [1.29, 1.82) is 0 Å². The molecular formula is C13H19N3O3S. The van der Waals surface area contributed by atoms with Gasteiger partial charge in [0.2, 0.25) is 0 Å². The minimum absolute atomic E-state index is 0.478. The third-order valence-corrected chi connectivity index (χ3v) is 4.71. The zero-order chi connectivity index (χ0) is 14.8. The van der Waals surface area contributed by atoms with Crippen LogP contribution in [0.15, 0.2) is 0 Å². The number of aryl methyl sites for hydroxylation is 2. The molecule has 1 aliphatic rings. The number of nitrogens with one attached hydrogen (secondary N) is 2. The summed E-state index contributed by atoms with van der Waals surface area (Å²) in [7, 11) is 0. The first-order chi connectivity index (χ1) is 9.43. The van der Waals surface area contributed by atoms with Gasteiger partial charge in [0.15, 0.2) is 5.13 Å². The molecule has 0 radical (unpaired) electrons. The lowest BCUT2D eigenvalue weighted by Crippen LogP contribution is -2.56. The van der Waals surface area contributed by atoms with E-state index in [9.17, 15) is 14.7 Å². The summed E-state index contributed by atoms with van der Waals surface area (Å²) in [5.41, 5.74) is -0.264. The van der Waals surface area contributed by atoms with Crippen LogP contribution in [-0.2, 0) is 4.79 Å². The smallest absolute Gasteiger partial charge is 0.329 e. The standard InChI is InChI=1S/C13H19N3O3S/c1-8-9(2)20-12(14-8)15-11(19)16-13(10(17)18)6-4-3-5-7-13/h3-7H2,1-2H3,(H,17,18)(H2,14,15,16,19). The van der Waals surface area contributed by atoms with Crippen molar-refractivity contribution in [3.05, 3.63) is 10.6 Å². The number of hydrogen-bond acceptors (Lipinski definition) is 4. The Bertz CT molecular complexity index is 501. The summed E-state index contributed by atoms with van der Waals surface area (Å²) in [6.45, 7) is 3.80. The number of amides is 2. The molecule has 1 heterocycles. The Labute approximate surface area is 121 Å². The average Bonchev–Trinajstić information content (AvgIpc) is 2.68. The summed E-state index contributed by atoms with van der Waals surface area (Å²) in [5, 5.41) is 15.1. The molecular weight excluding hydrogens is 278 g/mol. The highest BCUT2D eigenvalue weighted by atomic mass is 32.1. The molecule has 1 aromatic rings. The van der Waals surface area contributed by atoms with E-state index in [1.54, 1.807) is 0 Å². The largest absolute Gasteiger partial charge is 0.480 e. The number of carbonyl (C=O) groups is 2. The van der Waals surface area contributed by atoms with E-state index in [0.717, 1.165) is 29.8 Å². The Morgan fingerprint density at radius 3 is 2.40 bits per heavy atom. The fourth-order valence-corrected chi connectivity index (χ4v) is 3.23. The molecule has 20 heavy (non-hydrogen) atoms. The molecule has 110 valence electrons. The van der Waals surface area contributed by atoms with Crippen molar-refractivity contribution in [3.8, 4) is 0 Å². The van der Waals surface area contributed by atoms with Crippen molar-refractivity contribution < 1.29 is 14.7 Å². The van der Waals surface area contributed by atoms with Crippen LogP contribution >= 0.6 is 11.3 Å². The third kappa shape index (κ3) is 3.09. The zero-order valence-electron chi connectivity index (χ0n) is 11.7. The molecule has 3 N–H and O–H groups in total. The van der Waals surface area contributed by atoms with Gasteiger partial charge in [0.05, 0.1) is 5.69 Å². The maximum absolute atomic E-state index is 12.0. The van der Waals surface area contributed by atoms with Gasteiger partial charge < -0.3 is 10.4 Å². The predicted molar refractivity (Wildman–Crippen MR) is 77.2 cm³/mol. The van der Waals surface area contributed by atoms with Crippen molar-refractivity contribution in [1.82, 2.24) is 10.3 Å². The number of aromatic nitrogens is 1. The van der Waals surface area contributed by atoms with Crippen LogP contribution in [0.5, 0.6) is 0 Å². The fraction of sp³-hybridized carbons (Fsp3) is 0.615. The first-order valence-electron chi connectivity index (χ1n) is 6.69. The molecule has 0 aromatic carbocycles. The summed E-state index contributed by atoms with van der Waals surface area (Å²) >= 11 is 1.38. The zero-order valence-corrected chi connectivity index (χ0v) is 12.5. The van der Waals surface area contributed by atoms with Gasteiger partial charge in [-0.15, -0.1) is 11.3 Å². The van der Waals surface area contributed by atoms with Gasteiger partial charge in [0.1, 0.15) is 5.54 Å². The summed E-state index contributed by atoms with van der Waals surface area (Å²) in [6.07, 6.45) is 3.62. The summed E-state index contributed by atoms with van der Waals surface area (Å²) in [4.78, 5) is 28.7. The van der Waals surface area contributed by atoms with E-state index in [1.807, 2.05) is 13.8 Å². The summed E-state index contributed by atoms with van der Waals surface area (Å²) < 4.78 is 0. The molecule has 1 aliphatic carbocycles. The van der Waals surface area contributed by atoms with Crippen molar-refractivity contribution in [2.75, 3.05) is 5.32 Å². The fourth-order valence-electron chi connectivity index (χ4n) is 2.42. The van der Waals surface area contributed by atoms with Gasteiger partial charge in [0, 0.05) is 4.88 Å². The van der Waals surface area contributed by atoms with Gasteiger partial charge in [0.25, 0.3) is 0 Å². The van der Waals surface area contributed by atoms with E-state index in [0.29, 0.717) is 18.0 Å². The van der Waals surface area contributed by atoms with Crippen LogP contribution in [0, 0.1) is 13.8 Å². The molecule has 0 aliphatic heterocycles. The second-order valence-corrected chi connectivity index (χ2v) is 6.39. The van der Waals surface area contributed by atoms with Crippen LogP contribution in [-0.4, -0.2) is 27.6 Å². The molecule has 0 saturated heterocycles. The highest BCUT2D eigenvalue weighted by Crippen LogP contribution is 2.29. The van der Waals surface area contributed by atoms with Crippen molar-refractivity contribution in [3.63, 3.8) is 0 Å². The van der Waals surface area contributed by atoms with Gasteiger partial charge in [-0.3, -0.25) is 5.32 Å². The number of hydrogen-bond donors (Lipinski definition) is 3. The number of carboxylic acid groups (broad SMARTS) is 1. The quantitative estimate of drug-likeness (QED) is 0.800. The molecule has 0 unspecified atom stereocenters. The number of aliphatic carboxylic acids is 1. The molecule has 1 saturated carbocycles. The Morgan fingerprint density at radius 1 is 1.25 bits per heavy atom. The molecule has 1 fully saturated rings. The Hall–Kier alpha value is -1.63. The van der Waals surface area contributed by atoms with Crippen LogP contribution in [0.1, 0.15) is 42.7 Å². The number of rotatable bonds is 3. The van der Waals surface area contributed by atoms with E-state index < -0.39 is 17.5 Å². The van der Waals surface area contributed by atoms with Gasteiger partial charge >= 0.3 is 12.0 Å². The van der Waals surface area contributed by atoms with E-state index in [4.69, 9.17) is 0 Å². The molecule has 1 aromatic heterocycles. The molecule has 2 amide bonds. The van der Waals surface area contributed by atoms with Crippen LogP contribution < -0.4 is 10.6 Å². The summed E-state index contributed by atoms with van der Waals surface area (Å²) in [5.74, 6) is -0.959. The minimum atomic E-state index is -1.14. The molecule has 0 bridgehead atoms. The first-order valence-corrected chi connectivity index (χ1v) is 7.51. The van der Waals surface area contributed by atoms with Crippen LogP contribution in [0.25, 0.3) is 0 Å². The number of urea groups is 1. The number of carbonyl (C=O) groups excluding carboxylic acids is 1. The van der Waals surface area contributed by atoms with Crippen molar-refractivity contribution in [2.24, 2.45) is 0 Å². The highest BCUT2D eigenvalue weighted by molar-refractivity contribution is 7.15. The van der Waals surface area contributed by atoms with Gasteiger partial charge in [-0.2, -0.15) is 0 Å². The van der Waals surface area contributed by atoms with Gasteiger partial charge in [-0.1, -0.05) is 19.3 Å². The van der Waals surface area contributed by atoms with Gasteiger partial charge in [-0.05, 0) is 26.7 Å². The molecule has 6 nitrogen and oxygen atoms in total. The third-order valence-electron chi connectivity index (χ3n) is 3.72. The number of carboxylic acids is 1. The predicted octanol–water partition coefficient (Wildman–Crippen LogP) is 2.67. The normalized spacial score (nSPS) is 17.5. The van der Waals surface area contributed by atoms with Crippen molar-refractivity contribution >= 4 is 28.5 Å². The molecule has 0 spiro atoms. The average molecular weight is 297 g/mol. The van der Waals surface area contributed by atoms with Gasteiger partial charge in [-0.25, -0.2) is 14.6 Å². The van der Waals surface area contributed by atoms with E-state index >= 15 is 0 Å². The first kappa shape index (κ1) is 14.8. The highest BCUT2D eigenvalue weighted by Gasteiger charge is 2.41. The maximum atomic E-state index is 12.0. The Kier molecular flexibility index (Phi) is 4.27. The monoisotopic (exact) mass is 297 g/mol. The topological polar surface area (TPSA) is 91.3 Å². The van der Waals surface area contributed by atoms with E-state index in [1.165, 1.54) is 11.3 Å². The minimum Gasteiger partial charge on any atom is -0.480 e. The number of anilines is 1. The lowest BCUT2D eigenvalue weighted by atomic mass is 9.82. The second-order valence-electron chi connectivity index (χ2n) is 5.19. The van der Waals surface area contributed by atoms with Crippen molar-refractivity contribution in [2.45, 2.75) is 51.5 Å². The summed E-state index contributed by atoms with van der Waals surface area (Å²) in [6, 6.07) is -0.497. The molecule has 0 atom stereocenters. The van der Waals surface area contributed by atoms with E-state index in [2.05, 4.69) is 15.6 Å². The lowest BCUT2D eigenvalue weighted by molar-refractivity contribution is -0.145. The Balaban J connectivity index is 2.03. The van der Waals surface area contributed by atoms with Crippen LogP contribution in [0.3, 0.4) is 0 Å². The lowest BCUT2D eigenvalue weighted by Gasteiger charge is -2.33. The van der Waals surface area contributed by atoms with Crippen LogP contribution in [0.2, 0.25) is 0 Å². The SMILES string of the molecule is Cc1nc(NC(=O)NC2(C(=O)O)CCCCC2)sc1C. The Morgan fingerprint density at radius 2 is 1.90 bits per heavy atom. The van der Waals surface area contributed by atoms with E-state index in [-0.39, 0.29) is 0 Å². The number of thiazole rings is 1.